The normalized spacial score (nSPS) is 17.5. The summed E-state index contributed by atoms with van der Waals surface area (Å²) in [5.74, 6) is 2.02. The molecule has 1 aliphatic heterocycles. The molecule has 3 N–H and O–H groups in total. The first-order chi connectivity index (χ1) is 17.2. The van der Waals surface area contributed by atoms with E-state index in [0.717, 1.165) is 78.0 Å². The average molecular weight is 477 g/mol. The lowest BCUT2D eigenvalue weighted by molar-refractivity contribution is 0.172. The van der Waals surface area contributed by atoms with Crippen molar-refractivity contribution in [1.29, 1.82) is 0 Å². The second-order valence-corrected chi connectivity index (χ2v) is 10.3. The minimum Gasteiger partial charge on any atom is -0.493 e. The highest BCUT2D eigenvalue weighted by Gasteiger charge is 2.24. The van der Waals surface area contributed by atoms with Crippen LogP contribution >= 0.6 is 0 Å². The van der Waals surface area contributed by atoms with E-state index >= 15 is 0 Å². The zero-order valence-corrected chi connectivity index (χ0v) is 20.1. The molecule has 2 aromatic heterocycles. The number of hydrogen-bond donors (Lipinski definition) is 2. The average Bonchev–Trinajstić information content (AvgIpc) is 3.50. The van der Waals surface area contributed by atoms with E-state index < -0.39 is 0 Å². The highest BCUT2D eigenvalue weighted by molar-refractivity contribution is 5.85. The van der Waals surface area contributed by atoms with Crippen molar-refractivity contribution in [3.63, 3.8) is 0 Å². The zero-order valence-electron chi connectivity index (χ0n) is 20.1. The molecule has 2 aromatic carbocycles. The number of aromatic amines is 1. The van der Waals surface area contributed by atoms with Crippen molar-refractivity contribution < 1.29 is 13.7 Å². The quantitative estimate of drug-likeness (QED) is 0.332. The topological polar surface area (TPSA) is 80.3 Å². The Kier molecular flexibility index (Phi) is 6.20. The minimum atomic E-state index is -0.182. The lowest BCUT2D eigenvalue weighted by atomic mass is 9.91. The molecule has 2 aliphatic rings. The second-order valence-electron chi connectivity index (χ2n) is 10.3. The third kappa shape index (κ3) is 4.80. The Morgan fingerprint density at radius 3 is 2.74 bits per heavy atom. The fourth-order valence-electron chi connectivity index (χ4n) is 5.39. The van der Waals surface area contributed by atoms with Crippen LogP contribution in [0.15, 0.2) is 41.1 Å². The number of likely N-dealkylation sites (tertiary alicyclic amines) is 1. The number of ether oxygens (including phenoxy) is 1. The molecular weight excluding hydrogens is 443 g/mol. The van der Waals surface area contributed by atoms with Gasteiger partial charge in [0.25, 0.3) is 0 Å². The SMILES string of the molecule is NCc1c(OCC2CC2)ccc2c(CCC3CCN(Cc4c[nH]c5ccc(F)cc45)CC3)noc12. The first-order valence-corrected chi connectivity index (χ1v) is 12.9. The summed E-state index contributed by atoms with van der Waals surface area (Å²) in [5.41, 5.74) is 10.9. The molecule has 4 aromatic rings. The number of rotatable bonds is 9. The third-order valence-electron chi connectivity index (χ3n) is 7.77. The van der Waals surface area contributed by atoms with Crippen LogP contribution in [0.5, 0.6) is 5.75 Å². The van der Waals surface area contributed by atoms with Crippen molar-refractivity contribution in [1.82, 2.24) is 15.0 Å². The summed E-state index contributed by atoms with van der Waals surface area (Å²) in [5, 5.41) is 6.46. The predicted octanol–water partition coefficient (Wildman–Crippen LogP) is 5.54. The lowest BCUT2D eigenvalue weighted by Gasteiger charge is -2.31. The molecule has 0 amide bonds. The van der Waals surface area contributed by atoms with Crippen LogP contribution in [0.1, 0.15) is 48.9 Å². The van der Waals surface area contributed by atoms with Crippen LogP contribution in [0.2, 0.25) is 0 Å². The van der Waals surface area contributed by atoms with Crippen LogP contribution in [-0.4, -0.2) is 34.7 Å². The molecule has 3 heterocycles. The van der Waals surface area contributed by atoms with E-state index in [0.29, 0.717) is 18.4 Å². The van der Waals surface area contributed by atoms with Gasteiger partial charge in [-0.1, -0.05) is 5.16 Å². The molecule has 0 atom stereocenters. The third-order valence-corrected chi connectivity index (χ3v) is 7.77. The number of nitrogens with one attached hydrogen (secondary N) is 1. The number of fused-ring (bicyclic) bond motifs is 2. The second kappa shape index (κ2) is 9.63. The van der Waals surface area contributed by atoms with E-state index in [2.05, 4.69) is 21.1 Å². The number of piperidine rings is 1. The summed E-state index contributed by atoms with van der Waals surface area (Å²) in [6.45, 7) is 4.12. The largest absolute Gasteiger partial charge is 0.493 e. The summed E-state index contributed by atoms with van der Waals surface area (Å²) in [4.78, 5) is 5.74. The number of halogens is 1. The number of H-pyrrole nitrogens is 1. The number of benzene rings is 2. The van der Waals surface area contributed by atoms with E-state index in [1.54, 1.807) is 6.07 Å². The summed E-state index contributed by atoms with van der Waals surface area (Å²) in [6.07, 6.45) is 8.88. The highest BCUT2D eigenvalue weighted by Crippen LogP contribution is 2.34. The maximum atomic E-state index is 13.7. The summed E-state index contributed by atoms with van der Waals surface area (Å²) in [7, 11) is 0. The van der Waals surface area contributed by atoms with Crippen molar-refractivity contribution >= 4 is 21.9 Å². The van der Waals surface area contributed by atoms with E-state index in [4.69, 9.17) is 15.0 Å². The molecule has 35 heavy (non-hydrogen) atoms. The maximum absolute atomic E-state index is 13.7. The number of aromatic nitrogens is 2. The monoisotopic (exact) mass is 476 g/mol. The van der Waals surface area contributed by atoms with Gasteiger partial charge in [0.1, 0.15) is 11.6 Å². The van der Waals surface area contributed by atoms with Gasteiger partial charge in [-0.15, -0.1) is 0 Å². The van der Waals surface area contributed by atoms with Gasteiger partial charge in [0.05, 0.1) is 17.9 Å². The van der Waals surface area contributed by atoms with Gasteiger partial charge in [-0.05, 0) is 99.3 Å². The molecule has 0 radical (unpaired) electrons. The van der Waals surface area contributed by atoms with Gasteiger partial charge in [0.15, 0.2) is 5.58 Å². The summed E-state index contributed by atoms with van der Waals surface area (Å²) < 4.78 is 25.5. The Hall–Kier alpha value is -2.90. The van der Waals surface area contributed by atoms with Crippen LogP contribution in [0, 0.1) is 17.7 Å². The Balaban J connectivity index is 1.05. The van der Waals surface area contributed by atoms with Gasteiger partial charge in [-0.2, -0.15) is 0 Å². The standard InChI is InChI=1S/C28H33FN4O2/c29-21-4-7-25-23(13-21)20(15-31-25)16-33-11-9-18(10-12-33)3-6-26-22-5-8-27(34-17-19-1-2-19)24(14-30)28(22)35-32-26/h4-5,7-8,13,15,18-19,31H,1-3,6,9-12,14,16-17,30H2. The summed E-state index contributed by atoms with van der Waals surface area (Å²) >= 11 is 0. The molecule has 0 unspecified atom stereocenters. The van der Waals surface area contributed by atoms with Crippen molar-refractivity contribution in [2.45, 2.75) is 51.6 Å². The van der Waals surface area contributed by atoms with Gasteiger partial charge in [0, 0.05) is 35.6 Å². The molecule has 1 saturated heterocycles. The first kappa shape index (κ1) is 22.6. The van der Waals surface area contributed by atoms with E-state index in [9.17, 15) is 4.39 Å². The smallest absolute Gasteiger partial charge is 0.175 e. The van der Waals surface area contributed by atoms with Crippen LogP contribution in [0.25, 0.3) is 21.9 Å². The number of nitrogens with zero attached hydrogens (tertiary/aromatic N) is 2. The molecular formula is C28H33FN4O2. The van der Waals surface area contributed by atoms with Crippen LogP contribution in [0.3, 0.4) is 0 Å². The number of hydrogen-bond acceptors (Lipinski definition) is 5. The van der Waals surface area contributed by atoms with Gasteiger partial charge in [0.2, 0.25) is 0 Å². The fourth-order valence-corrected chi connectivity index (χ4v) is 5.39. The first-order valence-electron chi connectivity index (χ1n) is 12.9. The van der Waals surface area contributed by atoms with E-state index in [1.165, 1.54) is 37.3 Å². The van der Waals surface area contributed by atoms with Gasteiger partial charge in [-0.3, -0.25) is 4.90 Å². The summed E-state index contributed by atoms with van der Waals surface area (Å²) in [6, 6.07) is 9.06. The molecule has 1 saturated carbocycles. The van der Waals surface area contributed by atoms with Crippen LogP contribution < -0.4 is 10.5 Å². The maximum Gasteiger partial charge on any atom is 0.175 e. The van der Waals surface area contributed by atoms with Gasteiger partial charge in [-0.25, -0.2) is 4.39 Å². The fraction of sp³-hybridized carbons (Fsp3) is 0.464. The van der Waals surface area contributed by atoms with Crippen LogP contribution in [-0.2, 0) is 19.5 Å². The molecule has 1 aliphatic carbocycles. The highest BCUT2D eigenvalue weighted by atomic mass is 19.1. The Labute approximate surface area is 204 Å². The van der Waals surface area contributed by atoms with Crippen molar-refractivity contribution in [3.05, 3.63) is 59.2 Å². The van der Waals surface area contributed by atoms with E-state index in [-0.39, 0.29) is 5.82 Å². The Bertz CT molecular complexity index is 1320. The molecule has 6 rings (SSSR count). The van der Waals surface area contributed by atoms with Gasteiger partial charge >= 0.3 is 0 Å². The Morgan fingerprint density at radius 1 is 1.09 bits per heavy atom. The molecule has 0 spiro atoms. The predicted molar refractivity (Wildman–Crippen MR) is 135 cm³/mol. The van der Waals surface area contributed by atoms with Gasteiger partial charge < -0.3 is 20.0 Å². The van der Waals surface area contributed by atoms with Crippen molar-refractivity contribution in [3.8, 4) is 5.75 Å². The molecule has 184 valence electrons. The zero-order chi connectivity index (χ0) is 23.8. The molecule has 0 bridgehead atoms. The van der Waals surface area contributed by atoms with E-state index in [1.807, 2.05) is 18.3 Å². The number of aryl methyl sites for hydroxylation is 1. The lowest BCUT2D eigenvalue weighted by Crippen LogP contribution is -2.33. The minimum absolute atomic E-state index is 0.182. The Morgan fingerprint density at radius 2 is 1.94 bits per heavy atom. The molecule has 2 fully saturated rings. The van der Waals surface area contributed by atoms with Crippen LogP contribution in [0.4, 0.5) is 4.39 Å². The van der Waals surface area contributed by atoms with Crippen molar-refractivity contribution in [2.24, 2.45) is 17.6 Å². The molecule has 7 heteroatoms. The molecule has 6 nitrogen and oxygen atoms in total. The number of nitrogens with two attached hydrogens (primary N) is 1. The van der Waals surface area contributed by atoms with Crippen molar-refractivity contribution in [2.75, 3.05) is 19.7 Å².